The van der Waals surface area contributed by atoms with E-state index in [2.05, 4.69) is 4.98 Å². The Morgan fingerprint density at radius 3 is 3.05 bits per heavy atom. The van der Waals surface area contributed by atoms with Gasteiger partial charge >= 0.3 is 5.97 Å². The van der Waals surface area contributed by atoms with Crippen molar-refractivity contribution in [2.45, 2.75) is 13.5 Å². The predicted octanol–water partition coefficient (Wildman–Crippen LogP) is 1.55. The van der Waals surface area contributed by atoms with Crippen molar-refractivity contribution in [3.05, 3.63) is 58.1 Å². The second-order valence-electron chi connectivity index (χ2n) is 4.14. The first-order valence-corrected chi connectivity index (χ1v) is 5.84. The number of esters is 1. The number of nitrogens with zero attached hydrogens (tertiary/aromatic N) is 2. The third-order valence-corrected chi connectivity index (χ3v) is 2.60. The largest absolute Gasteiger partial charge is 0.457 e. The third kappa shape index (κ3) is 2.20. The Kier molecular flexibility index (Phi) is 2.86. The molecule has 0 saturated heterocycles. The van der Waals surface area contributed by atoms with Crippen molar-refractivity contribution in [3.8, 4) is 0 Å². The summed E-state index contributed by atoms with van der Waals surface area (Å²) in [7, 11) is 0. The first-order chi connectivity index (χ1) is 9.63. The molecule has 3 aromatic rings. The second-order valence-corrected chi connectivity index (χ2v) is 4.14. The quantitative estimate of drug-likeness (QED) is 0.673. The molecule has 0 atom stereocenters. The zero-order chi connectivity index (χ0) is 14.1. The molecule has 3 rings (SSSR count). The lowest BCUT2D eigenvalue weighted by Crippen LogP contribution is -2.14. The van der Waals surface area contributed by atoms with Crippen LogP contribution < -0.4 is 5.56 Å². The molecule has 0 bridgehead atoms. The van der Waals surface area contributed by atoms with Gasteiger partial charge in [-0.2, -0.15) is 0 Å². The Labute approximate surface area is 112 Å². The number of carbonyl (C=O) groups is 1. The summed E-state index contributed by atoms with van der Waals surface area (Å²) in [6.07, 6.45) is 1.38. The Hall–Kier alpha value is -2.83. The van der Waals surface area contributed by atoms with Crippen LogP contribution in [0.25, 0.3) is 5.65 Å². The molecule has 0 N–H and O–H groups in total. The Balaban J connectivity index is 1.81. The van der Waals surface area contributed by atoms with Crippen molar-refractivity contribution >= 4 is 11.6 Å². The van der Waals surface area contributed by atoms with Crippen LogP contribution in [0.4, 0.5) is 0 Å². The monoisotopic (exact) mass is 274 g/mol. The number of rotatable bonds is 3. The highest BCUT2D eigenvalue weighted by molar-refractivity contribution is 5.86. The molecule has 102 valence electrons. The number of carbonyl (C=O) groups excluding carboxylic acids is 1. The summed E-state index contributed by atoms with van der Waals surface area (Å²) in [5.74, 6) is 0.0571. The number of hydrogen-bond donors (Lipinski definition) is 0. The Morgan fingerprint density at radius 1 is 1.45 bits per heavy atom. The Morgan fingerprint density at radius 2 is 2.30 bits per heavy atom. The summed E-state index contributed by atoms with van der Waals surface area (Å²) < 4.78 is 16.1. The number of aryl methyl sites for hydroxylation is 1. The lowest BCUT2D eigenvalue weighted by Gasteiger charge is -2.02. The average molecular weight is 274 g/mol. The van der Waals surface area contributed by atoms with Crippen LogP contribution in [-0.4, -0.2) is 15.5 Å². The summed E-state index contributed by atoms with van der Waals surface area (Å²) in [5.41, 5.74) is 0.349. The van der Waals surface area contributed by atoms with Gasteiger partial charge in [0.05, 0.1) is 12.0 Å². The molecule has 7 heteroatoms. The van der Waals surface area contributed by atoms with Gasteiger partial charge in [-0.3, -0.25) is 4.79 Å². The smallest absolute Gasteiger partial charge is 0.374 e. The van der Waals surface area contributed by atoms with Crippen LogP contribution in [0, 0.1) is 6.92 Å². The van der Waals surface area contributed by atoms with Crippen LogP contribution in [0.3, 0.4) is 0 Å². The molecule has 0 spiro atoms. The summed E-state index contributed by atoms with van der Waals surface area (Å²) in [6, 6.07) is 5.96. The van der Waals surface area contributed by atoms with E-state index in [-0.39, 0.29) is 17.9 Å². The SMILES string of the molecule is Cc1cc2nc(COC(=O)c3ccco3)cc(=O)n2o1. The highest BCUT2D eigenvalue weighted by Gasteiger charge is 2.12. The van der Waals surface area contributed by atoms with Crippen LogP contribution in [-0.2, 0) is 11.3 Å². The van der Waals surface area contributed by atoms with E-state index in [0.29, 0.717) is 17.1 Å². The number of furan rings is 1. The number of hydrogen-bond acceptors (Lipinski definition) is 6. The van der Waals surface area contributed by atoms with Gasteiger partial charge in [-0.15, -0.1) is 4.57 Å². The van der Waals surface area contributed by atoms with E-state index in [1.54, 1.807) is 19.1 Å². The van der Waals surface area contributed by atoms with Crippen LogP contribution in [0.1, 0.15) is 22.0 Å². The number of ether oxygens (including phenoxy) is 1. The molecular weight excluding hydrogens is 264 g/mol. The molecule has 0 saturated carbocycles. The molecule has 0 fully saturated rings. The molecular formula is C13H10N2O5. The van der Waals surface area contributed by atoms with E-state index in [9.17, 15) is 9.59 Å². The van der Waals surface area contributed by atoms with Gasteiger partial charge in [0.15, 0.2) is 5.65 Å². The molecule has 0 aliphatic rings. The van der Waals surface area contributed by atoms with E-state index in [1.165, 1.54) is 18.4 Å². The molecule has 3 heterocycles. The van der Waals surface area contributed by atoms with Crippen LogP contribution >= 0.6 is 0 Å². The molecule has 0 amide bonds. The Bertz CT molecular complexity index is 813. The number of fused-ring (bicyclic) bond motifs is 1. The maximum absolute atomic E-state index is 11.8. The fraction of sp³-hybridized carbons (Fsp3) is 0.154. The van der Waals surface area contributed by atoms with Crippen molar-refractivity contribution in [2.75, 3.05) is 0 Å². The molecule has 3 aromatic heterocycles. The van der Waals surface area contributed by atoms with E-state index in [4.69, 9.17) is 13.7 Å². The maximum atomic E-state index is 11.8. The van der Waals surface area contributed by atoms with Crippen molar-refractivity contribution in [2.24, 2.45) is 0 Å². The van der Waals surface area contributed by atoms with E-state index >= 15 is 0 Å². The van der Waals surface area contributed by atoms with Gasteiger partial charge in [0, 0.05) is 12.1 Å². The normalized spacial score (nSPS) is 10.8. The minimum atomic E-state index is -0.611. The van der Waals surface area contributed by atoms with Gasteiger partial charge in [-0.05, 0) is 19.1 Å². The highest BCUT2D eigenvalue weighted by atomic mass is 16.5. The lowest BCUT2D eigenvalue weighted by molar-refractivity contribution is 0.0431. The highest BCUT2D eigenvalue weighted by Crippen LogP contribution is 2.07. The van der Waals surface area contributed by atoms with E-state index < -0.39 is 5.97 Å². The van der Waals surface area contributed by atoms with E-state index in [0.717, 1.165) is 4.57 Å². The summed E-state index contributed by atoms with van der Waals surface area (Å²) in [6.45, 7) is 1.60. The first-order valence-electron chi connectivity index (χ1n) is 5.84. The zero-order valence-corrected chi connectivity index (χ0v) is 10.5. The molecule has 0 radical (unpaired) electrons. The first kappa shape index (κ1) is 12.2. The molecule has 0 unspecified atom stereocenters. The van der Waals surface area contributed by atoms with Gasteiger partial charge in [0.2, 0.25) is 5.76 Å². The minimum Gasteiger partial charge on any atom is -0.457 e. The van der Waals surface area contributed by atoms with Gasteiger partial charge in [-0.1, -0.05) is 0 Å². The molecule has 0 aliphatic carbocycles. The predicted molar refractivity (Wildman–Crippen MR) is 66.3 cm³/mol. The fourth-order valence-electron chi connectivity index (χ4n) is 1.75. The molecule has 0 aromatic carbocycles. The standard InChI is InChI=1S/C13H10N2O5/c1-8-5-11-14-9(6-12(16)15(11)20-8)7-19-13(17)10-3-2-4-18-10/h2-6H,7H2,1H3. The second kappa shape index (κ2) is 4.69. The van der Waals surface area contributed by atoms with Crippen LogP contribution in [0.15, 0.2) is 44.3 Å². The summed E-state index contributed by atoms with van der Waals surface area (Å²) in [4.78, 5) is 27.5. The van der Waals surface area contributed by atoms with Crippen LogP contribution in [0.5, 0.6) is 0 Å². The molecule has 20 heavy (non-hydrogen) atoms. The third-order valence-electron chi connectivity index (χ3n) is 2.60. The average Bonchev–Trinajstić information content (AvgIpc) is 3.04. The minimum absolute atomic E-state index is 0.0990. The van der Waals surface area contributed by atoms with Crippen molar-refractivity contribution in [1.29, 1.82) is 0 Å². The van der Waals surface area contributed by atoms with Crippen molar-refractivity contribution < 1.29 is 18.5 Å². The van der Waals surface area contributed by atoms with Gasteiger partial charge in [-0.25, -0.2) is 9.78 Å². The van der Waals surface area contributed by atoms with Crippen LogP contribution in [0.2, 0.25) is 0 Å². The van der Waals surface area contributed by atoms with Gasteiger partial charge < -0.3 is 13.7 Å². The fourth-order valence-corrected chi connectivity index (χ4v) is 1.75. The summed E-state index contributed by atoms with van der Waals surface area (Å²) >= 11 is 0. The maximum Gasteiger partial charge on any atom is 0.374 e. The van der Waals surface area contributed by atoms with E-state index in [1.807, 2.05) is 0 Å². The number of aromatic nitrogens is 2. The lowest BCUT2D eigenvalue weighted by atomic mass is 10.4. The summed E-state index contributed by atoms with van der Waals surface area (Å²) in [5, 5.41) is 0. The molecule has 0 aliphatic heterocycles. The van der Waals surface area contributed by atoms with Gasteiger partial charge in [0.25, 0.3) is 5.56 Å². The molecule has 7 nitrogen and oxygen atoms in total. The zero-order valence-electron chi connectivity index (χ0n) is 10.5. The topological polar surface area (TPSA) is 87.0 Å². The van der Waals surface area contributed by atoms with Crippen molar-refractivity contribution in [3.63, 3.8) is 0 Å². The van der Waals surface area contributed by atoms with Crippen molar-refractivity contribution in [1.82, 2.24) is 9.56 Å². The van der Waals surface area contributed by atoms with Gasteiger partial charge in [0.1, 0.15) is 12.4 Å².